The van der Waals surface area contributed by atoms with E-state index in [9.17, 15) is 4.79 Å². The van der Waals surface area contributed by atoms with E-state index in [1.165, 1.54) is 0 Å². The summed E-state index contributed by atoms with van der Waals surface area (Å²) < 4.78 is 0. The fourth-order valence-electron chi connectivity index (χ4n) is 1.12. The van der Waals surface area contributed by atoms with Crippen molar-refractivity contribution in [1.29, 1.82) is 0 Å². The first-order valence-electron chi connectivity index (χ1n) is 3.58. The molecule has 1 rings (SSSR count). The van der Waals surface area contributed by atoms with Gasteiger partial charge in [-0.2, -0.15) is 0 Å². The van der Waals surface area contributed by atoms with E-state index in [2.05, 4.69) is 4.99 Å². The highest BCUT2D eigenvalue weighted by Crippen LogP contribution is 2.12. The number of aliphatic imine (C=N–C) groups is 1. The molecule has 1 aliphatic rings. The summed E-state index contributed by atoms with van der Waals surface area (Å²) in [4.78, 5) is 14.7. The highest BCUT2D eigenvalue weighted by Gasteiger charge is 2.14. The average molecular weight is 140 g/mol. The lowest BCUT2D eigenvalue weighted by molar-refractivity contribution is -0.122. The molecule has 10 heavy (non-hydrogen) atoms. The number of carbonyl (C=O) groups is 1. The summed E-state index contributed by atoms with van der Waals surface area (Å²) in [6, 6.07) is 0. The van der Waals surface area contributed by atoms with Gasteiger partial charge in [-0.05, 0) is 25.5 Å². The van der Waals surface area contributed by atoms with E-state index in [1.54, 1.807) is 0 Å². The maximum Gasteiger partial charge on any atom is 0.220 e. The largest absolute Gasteiger partial charge is 0.369 e. The number of carbonyl (C=O) groups excluding carboxylic acids is 1. The Kier molecular flexibility index (Phi) is 2.42. The van der Waals surface area contributed by atoms with Gasteiger partial charge < -0.3 is 5.73 Å². The second kappa shape index (κ2) is 3.34. The minimum absolute atomic E-state index is 0.0579. The Hall–Kier alpha value is -0.860. The number of hydrogen-bond donors (Lipinski definition) is 1. The summed E-state index contributed by atoms with van der Waals surface area (Å²) in [5, 5.41) is 0. The van der Waals surface area contributed by atoms with Crippen LogP contribution in [0.3, 0.4) is 0 Å². The molecule has 0 bridgehead atoms. The molecule has 0 spiro atoms. The number of rotatable bonds is 1. The van der Waals surface area contributed by atoms with Gasteiger partial charge in [-0.25, -0.2) is 0 Å². The molecule has 1 amide bonds. The smallest absolute Gasteiger partial charge is 0.220 e. The van der Waals surface area contributed by atoms with Gasteiger partial charge in [0.25, 0.3) is 0 Å². The molecule has 0 saturated carbocycles. The molecule has 1 atom stereocenters. The second-order valence-electron chi connectivity index (χ2n) is 2.55. The van der Waals surface area contributed by atoms with Gasteiger partial charge in [-0.15, -0.1) is 0 Å². The van der Waals surface area contributed by atoms with Gasteiger partial charge in [0.2, 0.25) is 5.91 Å². The summed E-state index contributed by atoms with van der Waals surface area (Å²) >= 11 is 0. The Balaban J connectivity index is 2.41. The van der Waals surface area contributed by atoms with Crippen LogP contribution in [0.4, 0.5) is 0 Å². The van der Waals surface area contributed by atoms with Crippen molar-refractivity contribution in [2.45, 2.75) is 19.3 Å². The third-order valence-corrected chi connectivity index (χ3v) is 1.78. The normalized spacial score (nSPS) is 25.8. The van der Waals surface area contributed by atoms with E-state index in [1.807, 2.05) is 6.21 Å². The van der Waals surface area contributed by atoms with Gasteiger partial charge in [-0.3, -0.25) is 9.79 Å². The third kappa shape index (κ3) is 1.83. The fourth-order valence-corrected chi connectivity index (χ4v) is 1.12. The molecule has 56 valence electrons. The van der Waals surface area contributed by atoms with Crippen LogP contribution < -0.4 is 5.73 Å². The summed E-state index contributed by atoms with van der Waals surface area (Å²) in [5.41, 5.74) is 5.14. The molecule has 0 radical (unpaired) electrons. The van der Waals surface area contributed by atoms with Crippen LogP contribution >= 0.6 is 0 Å². The Morgan fingerprint density at radius 2 is 2.40 bits per heavy atom. The molecule has 0 aromatic heterocycles. The molecule has 0 aromatic carbocycles. The summed E-state index contributed by atoms with van der Waals surface area (Å²) in [7, 11) is 0. The topological polar surface area (TPSA) is 55.5 Å². The molecule has 1 aliphatic heterocycles. The van der Waals surface area contributed by atoms with Gasteiger partial charge in [0, 0.05) is 12.5 Å². The van der Waals surface area contributed by atoms with Crippen LogP contribution in [0.25, 0.3) is 0 Å². The van der Waals surface area contributed by atoms with E-state index < -0.39 is 0 Å². The Morgan fingerprint density at radius 3 is 3.10 bits per heavy atom. The highest BCUT2D eigenvalue weighted by atomic mass is 16.1. The van der Waals surface area contributed by atoms with Gasteiger partial charge in [-0.1, -0.05) is 0 Å². The SMILES string of the molecule is NC(=O)C1CCC=NCC1. The quantitative estimate of drug-likeness (QED) is 0.561. The summed E-state index contributed by atoms with van der Waals surface area (Å²) in [6.45, 7) is 0.758. The predicted molar refractivity (Wildman–Crippen MR) is 39.9 cm³/mol. The van der Waals surface area contributed by atoms with Crippen molar-refractivity contribution in [3.05, 3.63) is 0 Å². The van der Waals surface area contributed by atoms with Crippen molar-refractivity contribution in [2.75, 3.05) is 6.54 Å². The fraction of sp³-hybridized carbons (Fsp3) is 0.714. The number of nitrogens with zero attached hydrogens (tertiary/aromatic N) is 1. The second-order valence-corrected chi connectivity index (χ2v) is 2.55. The monoisotopic (exact) mass is 140 g/mol. The van der Waals surface area contributed by atoms with E-state index in [0.29, 0.717) is 0 Å². The van der Waals surface area contributed by atoms with Crippen molar-refractivity contribution in [3.8, 4) is 0 Å². The van der Waals surface area contributed by atoms with Crippen LogP contribution in [0.5, 0.6) is 0 Å². The molecule has 0 fully saturated rings. The first-order valence-corrected chi connectivity index (χ1v) is 3.58. The first-order chi connectivity index (χ1) is 4.80. The highest BCUT2D eigenvalue weighted by molar-refractivity contribution is 5.77. The Bertz CT molecular complexity index is 144. The molecular weight excluding hydrogens is 128 g/mol. The van der Waals surface area contributed by atoms with Gasteiger partial charge in [0.1, 0.15) is 0 Å². The van der Waals surface area contributed by atoms with Crippen molar-refractivity contribution < 1.29 is 4.79 Å². The van der Waals surface area contributed by atoms with Crippen LogP contribution in [-0.4, -0.2) is 18.7 Å². The minimum Gasteiger partial charge on any atom is -0.369 e. The van der Waals surface area contributed by atoms with Crippen LogP contribution in [-0.2, 0) is 4.79 Å². The van der Waals surface area contributed by atoms with E-state index in [-0.39, 0.29) is 11.8 Å². The molecule has 3 nitrogen and oxygen atoms in total. The predicted octanol–water partition coefficient (Wildman–Crippen LogP) is 0.343. The first kappa shape index (κ1) is 7.25. The molecular formula is C7H12N2O. The zero-order valence-electron chi connectivity index (χ0n) is 5.92. The van der Waals surface area contributed by atoms with Crippen LogP contribution in [0, 0.1) is 5.92 Å². The number of amides is 1. The number of nitrogens with two attached hydrogens (primary N) is 1. The van der Waals surface area contributed by atoms with Gasteiger partial charge in [0.15, 0.2) is 0 Å². The standard InChI is InChI=1S/C7H12N2O/c8-7(10)6-2-1-4-9-5-3-6/h4,6H,1-3,5H2,(H2,8,10). The van der Waals surface area contributed by atoms with E-state index in [0.717, 1.165) is 25.8 Å². The maximum atomic E-state index is 10.7. The molecule has 3 heteroatoms. The zero-order valence-corrected chi connectivity index (χ0v) is 5.92. The third-order valence-electron chi connectivity index (χ3n) is 1.78. The van der Waals surface area contributed by atoms with Gasteiger partial charge in [0.05, 0.1) is 0 Å². The van der Waals surface area contributed by atoms with Crippen LogP contribution in [0.2, 0.25) is 0 Å². The summed E-state index contributed by atoms with van der Waals surface area (Å²) in [5.74, 6) is -0.118. The number of hydrogen-bond acceptors (Lipinski definition) is 2. The molecule has 2 N–H and O–H groups in total. The van der Waals surface area contributed by atoms with Crippen LogP contribution in [0.15, 0.2) is 4.99 Å². The maximum absolute atomic E-state index is 10.7. The molecule has 0 aromatic rings. The zero-order chi connectivity index (χ0) is 7.40. The summed E-state index contributed by atoms with van der Waals surface area (Å²) in [6.07, 6.45) is 4.47. The molecule has 0 aliphatic carbocycles. The number of primary amides is 1. The van der Waals surface area contributed by atoms with Crippen LogP contribution in [0.1, 0.15) is 19.3 Å². The molecule has 1 unspecified atom stereocenters. The van der Waals surface area contributed by atoms with E-state index >= 15 is 0 Å². The molecule has 1 heterocycles. The van der Waals surface area contributed by atoms with Crippen molar-refractivity contribution in [3.63, 3.8) is 0 Å². The minimum atomic E-state index is -0.175. The van der Waals surface area contributed by atoms with E-state index in [4.69, 9.17) is 5.73 Å². The lowest BCUT2D eigenvalue weighted by atomic mass is 10.0. The lowest BCUT2D eigenvalue weighted by Crippen LogP contribution is -2.23. The van der Waals surface area contributed by atoms with Crippen molar-refractivity contribution in [1.82, 2.24) is 0 Å². The van der Waals surface area contributed by atoms with Crippen molar-refractivity contribution >= 4 is 12.1 Å². The average Bonchev–Trinajstić information content (AvgIpc) is 2.12. The Morgan fingerprint density at radius 1 is 1.60 bits per heavy atom. The van der Waals surface area contributed by atoms with Gasteiger partial charge >= 0.3 is 0 Å². The molecule has 0 saturated heterocycles. The lowest BCUT2D eigenvalue weighted by Gasteiger charge is -2.06. The van der Waals surface area contributed by atoms with Crippen molar-refractivity contribution in [2.24, 2.45) is 16.6 Å². The Labute approximate surface area is 60.3 Å².